The topological polar surface area (TPSA) is 49.4 Å². The van der Waals surface area contributed by atoms with Crippen LogP contribution in [0.15, 0.2) is 72.8 Å². The summed E-state index contributed by atoms with van der Waals surface area (Å²) < 4.78 is 0. The third-order valence-electron chi connectivity index (χ3n) is 5.65. The number of hydrogen-bond acceptors (Lipinski definition) is 3. The second-order valence-corrected chi connectivity index (χ2v) is 10.5. The smallest absolute Gasteiger partial charge is 0.243 e. The minimum absolute atomic E-state index is 0.157. The van der Waals surface area contributed by atoms with Gasteiger partial charge in [-0.05, 0) is 41.3 Å². The van der Waals surface area contributed by atoms with Crippen LogP contribution in [0.2, 0.25) is 15.1 Å². The number of amides is 2. The summed E-state index contributed by atoms with van der Waals surface area (Å²) in [7, 11) is 0. The molecule has 0 aliphatic heterocycles. The summed E-state index contributed by atoms with van der Waals surface area (Å²) in [4.78, 5) is 28.6. The Labute approximate surface area is 232 Å². The molecule has 0 saturated heterocycles. The number of nitrogens with one attached hydrogen (secondary N) is 1. The van der Waals surface area contributed by atoms with Crippen molar-refractivity contribution in [2.24, 2.45) is 0 Å². The van der Waals surface area contributed by atoms with Gasteiger partial charge in [0.1, 0.15) is 6.04 Å². The van der Waals surface area contributed by atoms with Gasteiger partial charge in [0.05, 0.1) is 5.75 Å². The fraction of sp³-hybridized carbons (Fsp3) is 0.286. The first-order valence-corrected chi connectivity index (χ1v) is 14.0. The molecule has 8 heteroatoms. The summed E-state index contributed by atoms with van der Waals surface area (Å²) in [5, 5.41) is 4.66. The molecular formula is C28H29Cl3N2O2S. The quantitative estimate of drug-likeness (QED) is 0.257. The maximum Gasteiger partial charge on any atom is 0.243 e. The van der Waals surface area contributed by atoms with E-state index in [4.69, 9.17) is 34.8 Å². The molecule has 1 atom stereocenters. The lowest BCUT2D eigenvalue weighted by atomic mass is 10.0. The number of carbonyl (C=O) groups excluding carboxylic acids is 2. The monoisotopic (exact) mass is 562 g/mol. The molecule has 2 amide bonds. The molecule has 3 rings (SSSR count). The van der Waals surface area contributed by atoms with Gasteiger partial charge < -0.3 is 10.2 Å². The van der Waals surface area contributed by atoms with Gasteiger partial charge >= 0.3 is 0 Å². The van der Waals surface area contributed by atoms with Gasteiger partial charge in [0.15, 0.2) is 0 Å². The molecule has 0 spiro atoms. The van der Waals surface area contributed by atoms with Crippen LogP contribution in [0.25, 0.3) is 0 Å². The van der Waals surface area contributed by atoms with E-state index in [9.17, 15) is 9.59 Å². The summed E-state index contributed by atoms with van der Waals surface area (Å²) in [6.07, 6.45) is 1.20. The first-order valence-electron chi connectivity index (χ1n) is 11.8. The minimum Gasteiger partial charge on any atom is -0.354 e. The molecule has 0 aromatic heterocycles. The Bertz CT molecular complexity index is 1140. The highest BCUT2D eigenvalue weighted by atomic mass is 35.5. The third kappa shape index (κ3) is 8.17. The van der Waals surface area contributed by atoms with E-state index in [1.807, 2.05) is 55.5 Å². The number of hydrogen-bond donors (Lipinski definition) is 1. The van der Waals surface area contributed by atoms with Crippen LogP contribution in [0.4, 0.5) is 0 Å². The van der Waals surface area contributed by atoms with Crippen molar-refractivity contribution in [2.45, 2.75) is 38.1 Å². The Morgan fingerprint density at radius 2 is 1.53 bits per heavy atom. The number of carbonyl (C=O) groups is 2. The van der Waals surface area contributed by atoms with Crippen LogP contribution >= 0.6 is 46.6 Å². The van der Waals surface area contributed by atoms with Gasteiger partial charge in [-0.1, -0.05) is 96.3 Å². The lowest BCUT2D eigenvalue weighted by Crippen LogP contribution is -2.51. The molecule has 0 bridgehead atoms. The van der Waals surface area contributed by atoms with Crippen molar-refractivity contribution in [3.05, 3.63) is 105 Å². The number of halogens is 3. The van der Waals surface area contributed by atoms with E-state index in [2.05, 4.69) is 5.32 Å². The van der Waals surface area contributed by atoms with E-state index in [1.165, 1.54) is 11.8 Å². The first-order chi connectivity index (χ1) is 17.4. The SMILES string of the molecule is CCCNC(=O)[C@@H](Cc1ccccc1)N(Cc1ccccc1Cl)C(=O)CSCc1c(Cl)cccc1Cl. The van der Waals surface area contributed by atoms with Crippen molar-refractivity contribution in [2.75, 3.05) is 12.3 Å². The van der Waals surface area contributed by atoms with Crippen molar-refractivity contribution in [1.29, 1.82) is 0 Å². The summed E-state index contributed by atoms with van der Waals surface area (Å²) in [5.74, 6) is 0.310. The van der Waals surface area contributed by atoms with Crippen molar-refractivity contribution in [3.8, 4) is 0 Å². The molecular weight excluding hydrogens is 535 g/mol. The molecule has 190 valence electrons. The number of nitrogens with zero attached hydrogens (tertiary/aromatic N) is 1. The number of benzene rings is 3. The van der Waals surface area contributed by atoms with Crippen LogP contribution in [0, 0.1) is 0 Å². The molecule has 0 aliphatic rings. The van der Waals surface area contributed by atoms with Gasteiger partial charge in [-0.15, -0.1) is 11.8 Å². The standard InChI is InChI=1S/C28H29Cl3N2O2S/c1-2-15-32-28(35)26(16-20-9-4-3-5-10-20)33(17-21-11-6-7-12-23(21)29)27(34)19-36-18-22-24(30)13-8-14-25(22)31/h3-14,26H,2,15-19H2,1H3,(H,32,35)/t26-/m1/s1. The molecule has 1 N–H and O–H groups in total. The van der Waals surface area contributed by atoms with Crippen molar-refractivity contribution in [1.82, 2.24) is 10.2 Å². The fourth-order valence-corrected chi connectivity index (χ4v) is 5.57. The predicted molar refractivity (Wildman–Crippen MR) is 152 cm³/mol. The molecule has 4 nitrogen and oxygen atoms in total. The van der Waals surface area contributed by atoms with Crippen LogP contribution in [0.5, 0.6) is 0 Å². The summed E-state index contributed by atoms with van der Waals surface area (Å²) in [5.41, 5.74) is 2.55. The highest BCUT2D eigenvalue weighted by Crippen LogP contribution is 2.29. The van der Waals surface area contributed by atoms with E-state index in [-0.39, 0.29) is 24.1 Å². The Kier molecular flexibility index (Phi) is 11.5. The third-order valence-corrected chi connectivity index (χ3v) is 7.67. The second kappa shape index (κ2) is 14.5. The lowest BCUT2D eigenvalue weighted by molar-refractivity contribution is -0.139. The zero-order valence-electron chi connectivity index (χ0n) is 20.1. The molecule has 0 unspecified atom stereocenters. The maximum atomic E-state index is 13.6. The molecule has 0 saturated carbocycles. The van der Waals surface area contributed by atoms with E-state index in [0.29, 0.717) is 33.8 Å². The highest BCUT2D eigenvalue weighted by molar-refractivity contribution is 7.99. The average molecular weight is 564 g/mol. The van der Waals surface area contributed by atoms with Gasteiger partial charge in [0.2, 0.25) is 11.8 Å². The van der Waals surface area contributed by atoms with Crippen LogP contribution in [0.1, 0.15) is 30.0 Å². The number of thioether (sulfide) groups is 1. The zero-order valence-corrected chi connectivity index (χ0v) is 23.1. The highest BCUT2D eigenvalue weighted by Gasteiger charge is 2.30. The van der Waals surface area contributed by atoms with E-state index < -0.39 is 6.04 Å². The summed E-state index contributed by atoms with van der Waals surface area (Å²) in [6.45, 7) is 2.76. The second-order valence-electron chi connectivity index (χ2n) is 8.30. The van der Waals surface area contributed by atoms with Gasteiger partial charge in [0.25, 0.3) is 0 Å². The van der Waals surface area contributed by atoms with E-state index >= 15 is 0 Å². The molecule has 0 heterocycles. The van der Waals surface area contributed by atoms with Crippen molar-refractivity contribution in [3.63, 3.8) is 0 Å². The fourth-order valence-electron chi connectivity index (χ4n) is 3.72. The van der Waals surface area contributed by atoms with Crippen molar-refractivity contribution >= 4 is 58.4 Å². The first kappa shape index (κ1) is 28.4. The van der Waals surface area contributed by atoms with Crippen LogP contribution < -0.4 is 5.32 Å². The predicted octanol–water partition coefficient (Wildman–Crippen LogP) is 7.05. The van der Waals surface area contributed by atoms with Crippen LogP contribution in [0.3, 0.4) is 0 Å². The average Bonchev–Trinajstić information content (AvgIpc) is 2.88. The molecule has 0 fully saturated rings. The Morgan fingerprint density at radius 1 is 0.889 bits per heavy atom. The van der Waals surface area contributed by atoms with Gasteiger partial charge in [-0.25, -0.2) is 0 Å². The maximum absolute atomic E-state index is 13.6. The lowest BCUT2D eigenvalue weighted by Gasteiger charge is -2.32. The minimum atomic E-state index is -0.688. The van der Waals surface area contributed by atoms with Gasteiger partial charge in [0, 0.05) is 40.3 Å². The molecule has 36 heavy (non-hydrogen) atoms. The molecule has 0 radical (unpaired) electrons. The Balaban J connectivity index is 1.86. The van der Waals surface area contributed by atoms with Gasteiger partial charge in [-0.2, -0.15) is 0 Å². The van der Waals surface area contributed by atoms with E-state index in [0.717, 1.165) is 23.1 Å². The Morgan fingerprint density at radius 3 is 2.19 bits per heavy atom. The normalized spacial score (nSPS) is 11.7. The summed E-state index contributed by atoms with van der Waals surface area (Å²) >= 11 is 20.5. The molecule has 3 aromatic carbocycles. The molecule has 3 aromatic rings. The van der Waals surface area contributed by atoms with Crippen LogP contribution in [-0.4, -0.2) is 35.1 Å². The zero-order chi connectivity index (χ0) is 25.9. The largest absolute Gasteiger partial charge is 0.354 e. The number of rotatable bonds is 12. The van der Waals surface area contributed by atoms with Gasteiger partial charge in [-0.3, -0.25) is 9.59 Å². The molecule has 0 aliphatic carbocycles. The van der Waals surface area contributed by atoms with Crippen LogP contribution in [-0.2, 0) is 28.3 Å². The Hall–Kier alpha value is -2.18. The van der Waals surface area contributed by atoms with E-state index in [1.54, 1.807) is 29.2 Å². The van der Waals surface area contributed by atoms with Crippen molar-refractivity contribution < 1.29 is 9.59 Å². The summed E-state index contributed by atoms with van der Waals surface area (Å²) in [6, 6.07) is 21.8.